The minimum atomic E-state index is -0.974. The van der Waals surface area contributed by atoms with Crippen LogP contribution in [0.25, 0.3) is 4.85 Å². The first-order chi connectivity index (χ1) is 14.0. The van der Waals surface area contributed by atoms with Crippen LogP contribution in [0.5, 0.6) is 0 Å². The van der Waals surface area contributed by atoms with E-state index >= 15 is 0 Å². The molecule has 0 radical (unpaired) electrons. The number of nitrogens with one attached hydrogen (secondary N) is 1. The number of carbonyl (C=O) groups is 3. The molecule has 0 saturated carbocycles. The number of amides is 3. The molecule has 1 aliphatic heterocycles. The number of nitrogens with zero attached hydrogens (tertiary/aromatic N) is 4. The molecule has 8 heteroatoms. The third kappa shape index (κ3) is 2.56. The second-order valence-corrected chi connectivity index (χ2v) is 8.69. The molecule has 1 N–H and O–H groups in total. The molecule has 1 saturated heterocycles. The number of ketones is 1. The number of carbonyl (C=O) groups excluding carboxylic acids is 3. The van der Waals surface area contributed by atoms with E-state index in [1.165, 1.54) is 12.3 Å². The zero-order valence-corrected chi connectivity index (χ0v) is 17.7. The third-order valence-corrected chi connectivity index (χ3v) is 6.50. The topological polar surface area (TPSA) is 88.7 Å². The minimum Gasteiger partial charge on any atom is -0.323 e. The molecule has 2 aliphatic carbocycles. The number of anilines is 1. The number of aryl methyl sites for hydroxylation is 1. The van der Waals surface area contributed by atoms with Crippen molar-refractivity contribution in [1.82, 2.24) is 15.1 Å². The first kappa shape index (κ1) is 19.4. The zero-order valence-electron chi connectivity index (χ0n) is 18.7. The van der Waals surface area contributed by atoms with Gasteiger partial charge in [-0.25, -0.2) is 14.5 Å². The van der Waals surface area contributed by atoms with Gasteiger partial charge in [0, 0.05) is 25.3 Å². The van der Waals surface area contributed by atoms with Gasteiger partial charge in [0.25, 0.3) is 5.91 Å². The molecule has 0 unspecified atom stereocenters. The van der Waals surface area contributed by atoms with Crippen LogP contribution < -0.4 is 10.2 Å². The first-order valence-corrected chi connectivity index (χ1v) is 9.40. The predicted molar refractivity (Wildman–Crippen MR) is 108 cm³/mol. The van der Waals surface area contributed by atoms with Gasteiger partial charge in [0.1, 0.15) is 11.4 Å². The number of urea groups is 1. The number of hydrogen-bond acceptors (Lipinski definition) is 4. The van der Waals surface area contributed by atoms with Crippen molar-refractivity contribution < 1.29 is 15.8 Å². The molecule has 3 amide bonds. The average molecular weight is 399 g/mol. The predicted octanol–water partition coefficient (Wildman–Crippen LogP) is 2.73. The summed E-state index contributed by atoms with van der Waals surface area (Å²) in [5.41, 5.74) is 0.156. The number of fused-ring (bicyclic) bond motifs is 3. The summed E-state index contributed by atoms with van der Waals surface area (Å²) < 4.78 is 7.32. The van der Waals surface area contributed by atoms with Crippen LogP contribution >= 0.6 is 0 Å². The Morgan fingerprint density at radius 2 is 2.00 bits per heavy atom. The number of hydrogen-bond donors (Lipinski definition) is 1. The highest BCUT2D eigenvalue weighted by Gasteiger charge is 2.53. The molecule has 0 bridgehead atoms. The van der Waals surface area contributed by atoms with E-state index in [2.05, 4.69) is 15.3 Å². The maximum atomic E-state index is 12.8. The molecule has 3 aliphatic rings. The van der Waals surface area contributed by atoms with E-state index < -0.39 is 17.0 Å². The molecule has 4 rings (SSSR count). The van der Waals surface area contributed by atoms with E-state index in [0.717, 1.165) is 17.7 Å². The van der Waals surface area contributed by atoms with E-state index in [9.17, 15) is 14.4 Å². The molecule has 0 spiro atoms. The van der Waals surface area contributed by atoms with Gasteiger partial charge in [-0.05, 0) is 32.6 Å². The van der Waals surface area contributed by atoms with Gasteiger partial charge < -0.3 is 10.1 Å². The summed E-state index contributed by atoms with van der Waals surface area (Å²) >= 11 is 0. The van der Waals surface area contributed by atoms with E-state index in [-0.39, 0.29) is 29.2 Å². The van der Waals surface area contributed by atoms with Crippen molar-refractivity contribution in [2.45, 2.75) is 58.9 Å². The lowest BCUT2D eigenvalue weighted by molar-refractivity contribution is -0.122. The van der Waals surface area contributed by atoms with Gasteiger partial charge >= 0.3 is 6.03 Å². The van der Waals surface area contributed by atoms with Crippen LogP contribution in [0.1, 0.15) is 54.1 Å². The van der Waals surface area contributed by atoms with E-state index in [1.807, 2.05) is 13.8 Å². The lowest BCUT2D eigenvalue weighted by Gasteiger charge is -2.44. The Morgan fingerprint density at radius 3 is 2.55 bits per heavy atom. The number of rotatable bonds is 1. The fourth-order valence-corrected chi connectivity index (χ4v) is 5.02. The Balaban J connectivity index is 0.00000124. The molecular weight excluding hydrogens is 370 g/mol. The Morgan fingerprint density at radius 1 is 1.34 bits per heavy atom. The standard InChI is InChI=1S/C20H23N5O3.CH4/c1-10-12-8-7-11-15(20(12,4)9-13(21-5)14(10)26)23-24(6)16(11)25-17(27)19(2,3)22-18(25)28;/h9-10,12H,7-8H2,1-4,6H3,(H,22,28);1H4/t10-,12-,20-;/m0./s1/i;1T. The number of imide groups is 1. The molecule has 3 atom stereocenters. The normalized spacial score (nSPS) is 30.2. The highest BCUT2D eigenvalue weighted by molar-refractivity contribution is 6.23. The fourth-order valence-electron chi connectivity index (χ4n) is 5.02. The Bertz CT molecular complexity index is 1020. The van der Waals surface area contributed by atoms with Crippen LogP contribution in [0.4, 0.5) is 10.6 Å². The number of aromatic nitrogens is 2. The largest absolute Gasteiger partial charge is 0.330 e. The van der Waals surface area contributed by atoms with Crippen LogP contribution in [0.2, 0.25) is 0 Å². The van der Waals surface area contributed by atoms with Crippen molar-refractivity contribution in [3.8, 4) is 0 Å². The van der Waals surface area contributed by atoms with Crippen LogP contribution in [0.3, 0.4) is 0 Å². The summed E-state index contributed by atoms with van der Waals surface area (Å²) in [4.78, 5) is 42.5. The smallest absolute Gasteiger partial charge is 0.323 e. The van der Waals surface area contributed by atoms with E-state index in [4.69, 9.17) is 7.94 Å². The van der Waals surface area contributed by atoms with Gasteiger partial charge in [0.2, 0.25) is 5.70 Å². The SMILES string of the molecule is [3H]C.[C-]#[N+]C1=C[C@]2(C)c3nn(C)c(N4C(=O)NC(C)(C)C4=O)c3CC[C@H]2[C@H](C)C1=O. The van der Waals surface area contributed by atoms with Crippen LogP contribution in [-0.4, -0.2) is 33.0 Å². The summed E-state index contributed by atoms with van der Waals surface area (Å²) in [5, 5.41) is 7.39. The maximum absolute atomic E-state index is 12.8. The summed E-state index contributed by atoms with van der Waals surface area (Å²) in [7, 11) is 2.97. The Labute approximate surface area is 172 Å². The minimum absolute atomic E-state index is 0.0281. The van der Waals surface area contributed by atoms with E-state index in [1.54, 1.807) is 31.7 Å². The molecule has 0 aromatic carbocycles. The second-order valence-electron chi connectivity index (χ2n) is 8.69. The van der Waals surface area contributed by atoms with Crippen molar-refractivity contribution in [3.05, 3.63) is 34.4 Å². The van der Waals surface area contributed by atoms with Gasteiger partial charge in [0.15, 0.2) is 5.78 Å². The summed E-state index contributed by atoms with van der Waals surface area (Å²) in [6.07, 6.45) is 3.08. The molecule has 2 heterocycles. The Kier molecular flexibility index (Phi) is 4.19. The highest BCUT2D eigenvalue weighted by atomic mass is 16.2. The third-order valence-electron chi connectivity index (χ3n) is 6.50. The van der Waals surface area contributed by atoms with Gasteiger partial charge in [-0.15, -0.1) is 0 Å². The highest BCUT2D eigenvalue weighted by Crippen LogP contribution is 2.51. The first-order valence-electron chi connectivity index (χ1n) is 10.4. The van der Waals surface area contributed by atoms with Crippen molar-refractivity contribution in [2.75, 3.05) is 4.90 Å². The second kappa shape index (κ2) is 6.28. The van der Waals surface area contributed by atoms with Crippen molar-refractivity contribution in [1.29, 1.82) is 0 Å². The molecular formula is C21H27N5O3. The average Bonchev–Trinajstić information content (AvgIpc) is 3.13. The summed E-state index contributed by atoms with van der Waals surface area (Å²) in [6, 6.07) is -0.461. The number of Topliss-reactive ketones (excluding diaryl/α,β-unsaturated/α-hetero) is 1. The molecule has 1 aromatic heterocycles. The molecule has 154 valence electrons. The quantitative estimate of drug-likeness (QED) is 0.581. The monoisotopic (exact) mass is 399 g/mol. The fraction of sp³-hybridized carbons (Fsp3) is 0.571. The lowest BCUT2D eigenvalue weighted by Crippen LogP contribution is -2.45. The van der Waals surface area contributed by atoms with Gasteiger partial charge in [-0.3, -0.25) is 9.48 Å². The molecule has 8 nitrogen and oxygen atoms in total. The molecule has 29 heavy (non-hydrogen) atoms. The Hall–Kier alpha value is -2.95. The lowest BCUT2D eigenvalue weighted by atomic mass is 9.59. The van der Waals surface area contributed by atoms with Crippen LogP contribution in [0.15, 0.2) is 11.8 Å². The van der Waals surface area contributed by atoms with Gasteiger partial charge in [-0.2, -0.15) is 5.10 Å². The van der Waals surface area contributed by atoms with Crippen molar-refractivity contribution in [2.24, 2.45) is 18.9 Å². The molecule has 1 fully saturated rings. The maximum Gasteiger partial charge on any atom is 0.330 e. The number of allylic oxidation sites excluding steroid dienone is 2. The summed E-state index contributed by atoms with van der Waals surface area (Å²) in [6.45, 7) is 14.6. The molecule has 1 aromatic rings. The van der Waals surface area contributed by atoms with Crippen molar-refractivity contribution in [3.63, 3.8) is 0 Å². The van der Waals surface area contributed by atoms with E-state index in [0.29, 0.717) is 12.2 Å². The van der Waals surface area contributed by atoms with Crippen LogP contribution in [0, 0.1) is 18.4 Å². The van der Waals surface area contributed by atoms with Gasteiger partial charge in [0.05, 0.1) is 12.3 Å². The van der Waals surface area contributed by atoms with Crippen LogP contribution in [-0.2, 0) is 28.5 Å². The van der Waals surface area contributed by atoms with Crippen molar-refractivity contribution >= 4 is 23.5 Å². The van der Waals surface area contributed by atoms with Gasteiger partial charge in [-0.1, -0.05) is 27.3 Å². The summed E-state index contributed by atoms with van der Waals surface area (Å²) in [5.74, 6) is -0.202. The zero-order chi connectivity index (χ0) is 22.6.